The van der Waals surface area contributed by atoms with E-state index in [-0.39, 0.29) is 17.9 Å². The Morgan fingerprint density at radius 2 is 2.10 bits per heavy atom. The van der Waals surface area contributed by atoms with Gasteiger partial charge in [-0.2, -0.15) is 0 Å². The van der Waals surface area contributed by atoms with Crippen molar-refractivity contribution in [3.05, 3.63) is 35.4 Å². The van der Waals surface area contributed by atoms with Gasteiger partial charge in [0, 0.05) is 6.54 Å². The lowest BCUT2D eigenvalue weighted by molar-refractivity contribution is 0.0696. The molecule has 112 valence electrons. The molecule has 6 nitrogen and oxygen atoms in total. The highest BCUT2D eigenvalue weighted by molar-refractivity contribution is 7.88. The minimum Gasteiger partial charge on any atom is -0.478 e. The van der Waals surface area contributed by atoms with Gasteiger partial charge in [0.2, 0.25) is 10.0 Å². The average Bonchev–Trinajstić information content (AvgIpc) is 2.34. The Labute approximate surface area is 118 Å². The Balaban J connectivity index is 2.57. The van der Waals surface area contributed by atoms with Crippen LogP contribution < -0.4 is 4.72 Å². The smallest absolute Gasteiger partial charge is 0.335 e. The highest BCUT2D eigenvalue weighted by Gasteiger charge is 2.12. The molecule has 1 rings (SSSR count). The highest BCUT2D eigenvalue weighted by atomic mass is 32.2. The maximum Gasteiger partial charge on any atom is 0.335 e. The molecule has 0 radical (unpaired) electrons. The Morgan fingerprint density at radius 3 is 2.70 bits per heavy atom. The molecule has 1 unspecified atom stereocenters. The van der Waals surface area contributed by atoms with Crippen molar-refractivity contribution in [3.63, 3.8) is 0 Å². The number of carboxylic acids is 1. The predicted molar refractivity (Wildman–Crippen MR) is 74.9 cm³/mol. The van der Waals surface area contributed by atoms with E-state index in [9.17, 15) is 13.2 Å². The molecule has 0 aromatic heterocycles. The lowest BCUT2D eigenvalue weighted by Crippen LogP contribution is -2.26. The summed E-state index contributed by atoms with van der Waals surface area (Å²) >= 11 is 0. The monoisotopic (exact) mass is 301 g/mol. The fourth-order valence-corrected chi connectivity index (χ4v) is 2.87. The molecule has 3 N–H and O–H groups in total. The van der Waals surface area contributed by atoms with Crippen molar-refractivity contribution in [2.45, 2.75) is 31.6 Å². The van der Waals surface area contributed by atoms with E-state index >= 15 is 0 Å². The summed E-state index contributed by atoms with van der Waals surface area (Å²) in [5.74, 6) is -1.35. The summed E-state index contributed by atoms with van der Waals surface area (Å²) in [6, 6.07) is 5.84. The third-order valence-electron chi connectivity index (χ3n) is 2.65. The third kappa shape index (κ3) is 6.14. The third-order valence-corrected chi connectivity index (χ3v) is 4.01. The van der Waals surface area contributed by atoms with Gasteiger partial charge in [-0.1, -0.05) is 12.1 Å². The number of aliphatic hydroxyl groups excluding tert-OH is 1. The van der Waals surface area contributed by atoms with Crippen molar-refractivity contribution >= 4 is 16.0 Å². The number of carbonyl (C=O) groups is 1. The molecule has 0 amide bonds. The predicted octanol–water partition coefficient (Wildman–Crippen LogP) is 0.965. The molecule has 0 heterocycles. The molecule has 0 aliphatic carbocycles. The standard InChI is InChI=1S/C13H19NO5S/c1-10(15)4-3-7-14-20(18,19)9-11-5-2-6-12(8-11)13(16)17/h2,5-6,8,10,14-15H,3-4,7,9H2,1H3,(H,16,17). The summed E-state index contributed by atoms with van der Waals surface area (Å²) in [5, 5.41) is 17.9. The van der Waals surface area contributed by atoms with Crippen LogP contribution in [0.4, 0.5) is 0 Å². The molecule has 1 aromatic rings. The van der Waals surface area contributed by atoms with Gasteiger partial charge >= 0.3 is 5.97 Å². The van der Waals surface area contributed by atoms with Crippen molar-refractivity contribution in [3.8, 4) is 0 Å². The van der Waals surface area contributed by atoms with Crippen molar-refractivity contribution in [1.82, 2.24) is 4.72 Å². The Morgan fingerprint density at radius 1 is 1.40 bits per heavy atom. The summed E-state index contributed by atoms with van der Waals surface area (Å²) in [4.78, 5) is 10.8. The molecule has 1 atom stereocenters. The topological polar surface area (TPSA) is 104 Å². The van der Waals surface area contributed by atoms with Crippen LogP contribution in [0.1, 0.15) is 35.7 Å². The summed E-state index contributed by atoms with van der Waals surface area (Å²) in [7, 11) is -3.50. The molecule has 7 heteroatoms. The number of aromatic carboxylic acids is 1. The first-order valence-electron chi connectivity index (χ1n) is 6.28. The SMILES string of the molecule is CC(O)CCCNS(=O)(=O)Cc1cccc(C(=O)O)c1. The molecular weight excluding hydrogens is 282 g/mol. The van der Waals surface area contributed by atoms with E-state index in [1.165, 1.54) is 18.2 Å². The summed E-state index contributed by atoms with van der Waals surface area (Å²) in [5.41, 5.74) is 0.486. The van der Waals surface area contributed by atoms with E-state index in [1.54, 1.807) is 13.0 Å². The maximum absolute atomic E-state index is 11.8. The van der Waals surface area contributed by atoms with Crippen LogP contribution in [0.2, 0.25) is 0 Å². The first-order valence-corrected chi connectivity index (χ1v) is 7.93. The van der Waals surface area contributed by atoms with E-state index in [0.29, 0.717) is 18.4 Å². The minimum atomic E-state index is -3.50. The minimum absolute atomic E-state index is 0.0619. The van der Waals surface area contributed by atoms with Gasteiger partial charge in [-0.15, -0.1) is 0 Å². The van der Waals surface area contributed by atoms with E-state index < -0.39 is 22.1 Å². The van der Waals surface area contributed by atoms with Crippen LogP contribution in [0.3, 0.4) is 0 Å². The summed E-state index contributed by atoms with van der Waals surface area (Å²) < 4.78 is 26.0. The fraction of sp³-hybridized carbons (Fsp3) is 0.462. The average molecular weight is 301 g/mol. The van der Waals surface area contributed by atoms with E-state index in [1.807, 2.05) is 0 Å². The van der Waals surface area contributed by atoms with Crippen LogP contribution in [0.5, 0.6) is 0 Å². The molecule has 20 heavy (non-hydrogen) atoms. The second-order valence-corrected chi connectivity index (χ2v) is 6.46. The number of carboxylic acid groups (broad SMARTS) is 1. The second-order valence-electron chi connectivity index (χ2n) is 4.65. The molecule has 0 bridgehead atoms. The van der Waals surface area contributed by atoms with Crippen molar-refractivity contribution < 1.29 is 23.4 Å². The highest BCUT2D eigenvalue weighted by Crippen LogP contribution is 2.09. The quantitative estimate of drug-likeness (QED) is 0.621. The molecule has 0 fully saturated rings. The number of sulfonamides is 1. The van der Waals surface area contributed by atoms with Gasteiger partial charge in [-0.05, 0) is 37.5 Å². The lowest BCUT2D eigenvalue weighted by Gasteiger charge is -2.08. The maximum atomic E-state index is 11.8. The van der Waals surface area contributed by atoms with Gasteiger partial charge in [0.1, 0.15) is 0 Å². The van der Waals surface area contributed by atoms with Crippen LogP contribution in [-0.4, -0.2) is 37.2 Å². The zero-order valence-electron chi connectivity index (χ0n) is 11.2. The van der Waals surface area contributed by atoms with Gasteiger partial charge < -0.3 is 10.2 Å². The number of benzene rings is 1. The molecule has 1 aromatic carbocycles. The fourth-order valence-electron chi connectivity index (χ4n) is 1.69. The van der Waals surface area contributed by atoms with Crippen LogP contribution >= 0.6 is 0 Å². The second kappa shape index (κ2) is 7.37. The first kappa shape index (κ1) is 16.6. The largest absolute Gasteiger partial charge is 0.478 e. The van der Waals surface area contributed by atoms with E-state index in [4.69, 9.17) is 10.2 Å². The Hall–Kier alpha value is -1.44. The number of hydrogen-bond acceptors (Lipinski definition) is 4. The Kier molecular flexibility index (Phi) is 6.12. The van der Waals surface area contributed by atoms with Crippen LogP contribution in [0.15, 0.2) is 24.3 Å². The summed E-state index contributed by atoms with van der Waals surface area (Å²) in [6.07, 6.45) is 0.620. The molecule has 0 saturated heterocycles. The number of hydrogen-bond donors (Lipinski definition) is 3. The van der Waals surface area contributed by atoms with Gasteiger partial charge in [-0.25, -0.2) is 17.9 Å². The normalized spacial score (nSPS) is 13.1. The molecule has 0 spiro atoms. The number of aliphatic hydroxyl groups is 1. The lowest BCUT2D eigenvalue weighted by atomic mass is 10.1. The van der Waals surface area contributed by atoms with E-state index in [2.05, 4.69) is 4.72 Å². The molecular formula is C13H19NO5S. The van der Waals surface area contributed by atoms with Crippen LogP contribution in [-0.2, 0) is 15.8 Å². The van der Waals surface area contributed by atoms with Crippen molar-refractivity contribution in [1.29, 1.82) is 0 Å². The zero-order valence-corrected chi connectivity index (χ0v) is 12.1. The van der Waals surface area contributed by atoms with E-state index in [0.717, 1.165) is 0 Å². The van der Waals surface area contributed by atoms with Crippen LogP contribution in [0.25, 0.3) is 0 Å². The zero-order chi connectivity index (χ0) is 15.2. The molecule has 0 saturated carbocycles. The van der Waals surface area contributed by atoms with Gasteiger partial charge in [0.25, 0.3) is 0 Å². The van der Waals surface area contributed by atoms with Crippen molar-refractivity contribution in [2.75, 3.05) is 6.54 Å². The van der Waals surface area contributed by atoms with Crippen LogP contribution in [0, 0.1) is 0 Å². The van der Waals surface area contributed by atoms with Gasteiger partial charge in [0.05, 0.1) is 17.4 Å². The van der Waals surface area contributed by atoms with Gasteiger partial charge in [-0.3, -0.25) is 0 Å². The Bertz CT molecular complexity index is 554. The van der Waals surface area contributed by atoms with Crippen molar-refractivity contribution in [2.24, 2.45) is 0 Å². The number of rotatable bonds is 8. The molecule has 0 aliphatic rings. The molecule has 0 aliphatic heterocycles. The number of nitrogens with one attached hydrogen (secondary N) is 1. The first-order chi connectivity index (χ1) is 9.30. The van der Waals surface area contributed by atoms with Gasteiger partial charge in [0.15, 0.2) is 0 Å². The summed E-state index contributed by atoms with van der Waals surface area (Å²) in [6.45, 7) is 1.90.